The first-order chi connectivity index (χ1) is 13.0. The molecule has 0 spiro atoms. The monoisotopic (exact) mass is 365 g/mol. The van der Waals surface area contributed by atoms with Crippen molar-refractivity contribution in [3.63, 3.8) is 0 Å². The molecule has 2 aromatic carbocycles. The lowest BCUT2D eigenvalue weighted by Crippen LogP contribution is -2.10. The molecule has 0 aliphatic heterocycles. The number of para-hydroxylation sites is 1. The van der Waals surface area contributed by atoms with Gasteiger partial charge < -0.3 is 15.2 Å². The molecule has 2 N–H and O–H groups in total. The van der Waals surface area contributed by atoms with Crippen LogP contribution in [0.25, 0.3) is 17.1 Å². The van der Waals surface area contributed by atoms with E-state index < -0.39 is 12.6 Å². The van der Waals surface area contributed by atoms with E-state index in [2.05, 4.69) is 10.3 Å². The topological polar surface area (TPSA) is 93.5 Å². The van der Waals surface area contributed by atoms with E-state index in [9.17, 15) is 9.59 Å². The number of amides is 1. The lowest BCUT2D eigenvalue weighted by atomic mass is 10.1. The highest BCUT2D eigenvalue weighted by Crippen LogP contribution is 2.31. The van der Waals surface area contributed by atoms with Gasteiger partial charge in [-0.3, -0.25) is 9.36 Å². The molecule has 3 aromatic rings. The van der Waals surface area contributed by atoms with Gasteiger partial charge in [-0.15, -0.1) is 0 Å². The number of carboxylic acids is 1. The molecule has 7 nitrogen and oxygen atoms in total. The van der Waals surface area contributed by atoms with Gasteiger partial charge in [-0.05, 0) is 36.8 Å². The van der Waals surface area contributed by atoms with Gasteiger partial charge in [-0.2, -0.15) is 0 Å². The molecule has 0 saturated carbocycles. The number of aromatic nitrogens is 2. The molecule has 1 aromatic heterocycles. The number of imidazole rings is 1. The normalized spacial score (nSPS) is 10.4. The van der Waals surface area contributed by atoms with Crippen LogP contribution in [-0.2, 0) is 9.59 Å². The maximum atomic E-state index is 11.4. The van der Waals surface area contributed by atoms with Crippen molar-refractivity contribution >= 4 is 17.6 Å². The number of aliphatic carboxylic acids is 1. The van der Waals surface area contributed by atoms with Crippen molar-refractivity contribution in [2.45, 2.75) is 13.8 Å². The van der Waals surface area contributed by atoms with Crippen LogP contribution in [0.3, 0.4) is 0 Å². The molecule has 1 heterocycles. The fourth-order valence-electron chi connectivity index (χ4n) is 2.76. The van der Waals surface area contributed by atoms with Crippen LogP contribution in [0.5, 0.6) is 5.75 Å². The Bertz CT molecular complexity index is 994. The number of carbonyl (C=O) groups excluding carboxylic acids is 1. The molecule has 7 heteroatoms. The van der Waals surface area contributed by atoms with Crippen LogP contribution >= 0.6 is 0 Å². The van der Waals surface area contributed by atoms with Crippen LogP contribution in [0, 0.1) is 6.92 Å². The van der Waals surface area contributed by atoms with E-state index >= 15 is 0 Å². The Labute approximate surface area is 156 Å². The number of aryl methyl sites for hydroxylation is 1. The average molecular weight is 365 g/mol. The SMILES string of the molecule is CC(=O)Nc1ccc(C)c(-n2ccnc2-c2ccccc2OCC(=O)O)c1. The third-order valence-electron chi connectivity index (χ3n) is 3.91. The summed E-state index contributed by atoms with van der Waals surface area (Å²) >= 11 is 0. The summed E-state index contributed by atoms with van der Waals surface area (Å²) in [6, 6.07) is 12.8. The fraction of sp³-hybridized carbons (Fsp3) is 0.150. The summed E-state index contributed by atoms with van der Waals surface area (Å²) in [5, 5.41) is 11.7. The van der Waals surface area contributed by atoms with E-state index in [1.54, 1.807) is 18.3 Å². The number of nitrogens with zero attached hydrogens (tertiary/aromatic N) is 2. The first-order valence-electron chi connectivity index (χ1n) is 8.31. The summed E-state index contributed by atoms with van der Waals surface area (Å²) in [5.74, 6) is -0.155. The smallest absolute Gasteiger partial charge is 0.341 e. The van der Waals surface area contributed by atoms with Gasteiger partial charge in [0.2, 0.25) is 5.91 Å². The maximum absolute atomic E-state index is 11.4. The predicted molar refractivity (Wildman–Crippen MR) is 101 cm³/mol. The van der Waals surface area contributed by atoms with Crippen molar-refractivity contribution in [3.8, 4) is 22.8 Å². The third-order valence-corrected chi connectivity index (χ3v) is 3.91. The second-order valence-corrected chi connectivity index (χ2v) is 5.98. The van der Waals surface area contributed by atoms with Crippen LogP contribution in [-0.4, -0.2) is 33.1 Å². The molecule has 0 aliphatic rings. The predicted octanol–water partition coefficient (Wildman–Crippen LogP) is 3.27. The molecular weight excluding hydrogens is 346 g/mol. The maximum Gasteiger partial charge on any atom is 0.341 e. The minimum absolute atomic E-state index is 0.150. The molecule has 0 fully saturated rings. The van der Waals surface area contributed by atoms with Gasteiger partial charge in [0.1, 0.15) is 11.6 Å². The standard InChI is InChI=1S/C20H19N3O4/c1-13-7-8-15(22-14(2)24)11-17(13)23-10-9-21-20(23)16-5-3-4-6-18(16)27-12-19(25)26/h3-11H,12H2,1-2H3,(H,22,24)(H,25,26). The number of ether oxygens (including phenoxy) is 1. The Morgan fingerprint density at radius 1 is 1.22 bits per heavy atom. The highest BCUT2D eigenvalue weighted by Gasteiger charge is 2.15. The molecule has 138 valence electrons. The molecule has 27 heavy (non-hydrogen) atoms. The van der Waals surface area contributed by atoms with Crippen molar-refractivity contribution < 1.29 is 19.4 Å². The number of hydrogen-bond acceptors (Lipinski definition) is 4. The van der Waals surface area contributed by atoms with Crippen molar-refractivity contribution in [2.24, 2.45) is 0 Å². The summed E-state index contributed by atoms with van der Waals surface area (Å²) < 4.78 is 7.29. The van der Waals surface area contributed by atoms with Crippen molar-refractivity contribution in [3.05, 3.63) is 60.4 Å². The molecule has 0 radical (unpaired) electrons. The Balaban J connectivity index is 2.05. The zero-order valence-corrected chi connectivity index (χ0v) is 15.0. The Morgan fingerprint density at radius 2 is 2.00 bits per heavy atom. The van der Waals surface area contributed by atoms with Crippen LogP contribution in [0.2, 0.25) is 0 Å². The van der Waals surface area contributed by atoms with E-state index in [0.717, 1.165) is 11.3 Å². The molecule has 3 rings (SSSR count). The molecule has 0 aliphatic carbocycles. The first kappa shape index (κ1) is 18.2. The number of hydrogen-bond donors (Lipinski definition) is 2. The van der Waals surface area contributed by atoms with E-state index in [1.165, 1.54) is 6.92 Å². The Hall–Kier alpha value is -3.61. The first-order valence-corrected chi connectivity index (χ1v) is 8.31. The number of nitrogens with one attached hydrogen (secondary N) is 1. The van der Waals surface area contributed by atoms with Crippen LogP contribution in [0.4, 0.5) is 5.69 Å². The molecular formula is C20H19N3O4. The van der Waals surface area contributed by atoms with E-state index in [1.807, 2.05) is 48.0 Å². The zero-order chi connectivity index (χ0) is 19.4. The van der Waals surface area contributed by atoms with Gasteiger partial charge in [0, 0.05) is 25.0 Å². The second-order valence-electron chi connectivity index (χ2n) is 5.98. The van der Waals surface area contributed by atoms with Crippen molar-refractivity contribution in [1.29, 1.82) is 0 Å². The van der Waals surface area contributed by atoms with Crippen LogP contribution < -0.4 is 10.1 Å². The number of rotatable bonds is 6. The average Bonchev–Trinajstić information content (AvgIpc) is 3.10. The minimum atomic E-state index is -1.05. The number of carbonyl (C=O) groups is 2. The lowest BCUT2D eigenvalue weighted by molar-refractivity contribution is -0.139. The number of carboxylic acid groups (broad SMARTS) is 1. The minimum Gasteiger partial charge on any atom is -0.481 e. The summed E-state index contributed by atoms with van der Waals surface area (Å²) in [5.41, 5.74) is 3.19. The molecule has 0 atom stereocenters. The number of anilines is 1. The lowest BCUT2D eigenvalue weighted by Gasteiger charge is -2.15. The molecule has 0 saturated heterocycles. The van der Waals surface area contributed by atoms with E-state index in [-0.39, 0.29) is 5.91 Å². The Morgan fingerprint density at radius 3 is 2.74 bits per heavy atom. The van der Waals surface area contributed by atoms with Crippen LogP contribution in [0.1, 0.15) is 12.5 Å². The van der Waals surface area contributed by atoms with Gasteiger partial charge in [0.25, 0.3) is 0 Å². The summed E-state index contributed by atoms with van der Waals surface area (Å²) in [6.45, 7) is 2.98. The molecule has 1 amide bonds. The van der Waals surface area contributed by atoms with E-state index in [0.29, 0.717) is 22.8 Å². The molecule has 0 unspecified atom stereocenters. The summed E-state index contributed by atoms with van der Waals surface area (Å²) in [4.78, 5) is 26.6. The largest absolute Gasteiger partial charge is 0.481 e. The van der Waals surface area contributed by atoms with Gasteiger partial charge in [-0.1, -0.05) is 18.2 Å². The Kier molecular flexibility index (Phi) is 5.21. The van der Waals surface area contributed by atoms with Gasteiger partial charge in [0.15, 0.2) is 6.61 Å². The summed E-state index contributed by atoms with van der Waals surface area (Å²) in [6.07, 6.45) is 3.47. The van der Waals surface area contributed by atoms with Crippen molar-refractivity contribution in [1.82, 2.24) is 9.55 Å². The zero-order valence-electron chi connectivity index (χ0n) is 15.0. The summed E-state index contributed by atoms with van der Waals surface area (Å²) in [7, 11) is 0. The highest BCUT2D eigenvalue weighted by atomic mass is 16.5. The van der Waals surface area contributed by atoms with Gasteiger partial charge >= 0.3 is 5.97 Å². The second kappa shape index (κ2) is 7.74. The van der Waals surface area contributed by atoms with Crippen LogP contribution in [0.15, 0.2) is 54.9 Å². The quantitative estimate of drug-likeness (QED) is 0.699. The van der Waals surface area contributed by atoms with Crippen molar-refractivity contribution in [2.75, 3.05) is 11.9 Å². The third kappa shape index (κ3) is 4.14. The van der Waals surface area contributed by atoms with Gasteiger partial charge in [-0.25, -0.2) is 9.78 Å². The number of benzene rings is 2. The highest BCUT2D eigenvalue weighted by molar-refractivity contribution is 5.89. The van der Waals surface area contributed by atoms with Gasteiger partial charge in [0.05, 0.1) is 11.3 Å². The van der Waals surface area contributed by atoms with E-state index in [4.69, 9.17) is 9.84 Å². The molecule has 0 bridgehead atoms. The fourth-order valence-corrected chi connectivity index (χ4v) is 2.76.